The lowest BCUT2D eigenvalue weighted by molar-refractivity contribution is -0.123. The van der Waals surface area contributed by atoms with Crippen LogP contribution >= 0.6 is 12.4 Å². The van der Waals surface area contributed by atoms with E-state index in [0.29, 0.717) is 0 Å². The molecule has 0 aliphatic rings. The van der Waals surface area contributed by atoms with E-state index in [0.717, 1.165) is 11.3 Å². The first-order valence-electron chi connectivity index (χ1n) is 5.47. The van der Waals surface area contributed by atoms with Gasteiger partial charge in [0.2, 0.25) is 5.91 Å². The Morgan fingerprint density at radius 1 is 1.24 bits per heavy atom. The van der Waals surface area contributed by atoms with Crippen molar-refractivity contribution in [2.75, 3.05) is 5.32 Å². The van der Waals surface area contributed by atoms with Gasteiger partial charge in [0, 0.05) is 17.1 Å². The third-order valence-electron chi connectivity index (χ3n) is 2.38. The lowest BCUT2D eigenvalue weighted by atomic mass is 9.95. The molecular weight excluding hydrogens is 236 g/mol. The highest BCUT2D eigenvalue weighted by Crippen LogP contribution is 2.18. The van der Waals surface area contributed by atoms with E-state index >= 15 is 0 Å². The maximum atomic E-state index is 11.7. The largest absolute Gasteiger partial charge is 0.326 e. The maximum Gasteiger partial charge on any atom is 0.229 e. The van der Waals surface area contributed by atoms with Crippen LogP contribution in [-0.2, 0) is 4.79 Å². The van der Waals surface area contributed by atoms with E-state index in [9.17, 15) is 4.79 Å². The third kappa shape index (κ3) is 4.75. The van der Waals surface area contributed by atoms with Gasteiger partial charge in [-0.2, -0.15) is 0 Å². The summed E-state index contributed by atoms with van der Waals surface area (Å²) in [7, 11) is 0. The Hall–Kier alpha value is -1.06. The fraction of sp³-hybridized carbons (Fsp3) is 0.462. The number of carbonyl (C=O) groups excluding carboxylic acids is 1. The van der Waals surface area contributed by atoms with Crippen LogP contribution < -0.4 is 11.1 Å². The predicted octanol–water partition coefficient (Wildman–Crippen LogP) is 3.11. The molecule has 4 heteroatoms. The summed E-state index contributed by atoms with van der Waals surface area (Å²) < 4.78 is 0. The molecule has 17 heavy (non-hydrogen) atoms. The van der Waals surface area contributed by atoms with E-state index in [2.05, 4.69) is 5.32 Å². The van der Waals surface area contributed by atoms with E-state index in [1.165, 1.54) is 0 Å². The molecule has 0 aliphatic heterocycles. The minimum atomic E-state index is -0.375. The van der Waals surface area contributed by atoms with Crippen molar-refractivity contribution in [1.82, 2.24) is 0 Å². The molecule has 0 radical (unpaired) electrons. The standard InChI is InChI=1S/C13H20N2O.ClH/c1-9(14)10-5-7-11(8-6-10)15-12(16)13(2,3)4;/h5-9H,14H2,1-4H3,(H,15,16);1H. The van der Waals surface area contributed by atoms with Crippen molar-refractivity contribution >= 4 is 24.0 Å². The molecule has 3 nitrogen and oxygen atoms in total. The molecule has 0 fully saturated rings. The van der Waals surface area contributed by atoms with Gasteiger partial charge in [0.25, 0.3) is 0 Å². The zero-order valence-corrected chi connectivity index (χ0v) is 11.6. The Labute approximate surface area is 109 Å². The first-order valence-corrected chi connectivity index (χ1v) is 5.47. The van der Waals surface area contributed by atoms with Crippen LogP contribution in [0.3, 0.4) is 0 Å². The summed E-state index contributed by atoms with van der Waals surface area (Å²) in [6.45, 7) is 7.60. The number of amides is 1. The second-order valence-corrected chi connectivity index (χ2v) is 5.11. The average Bonchev–Trinajstić information content (AvgIpc) is 2.17. The summed E-state index contributed by atoms with van der Waals surface area (Å²) in [4.78, 5) is 11.7. The van der Waals surface area contributed by atoms with Crippen molar-refractivity contribution in [2.24, 2.45) is 11.1 Å². The van der Waals surface area contributed by atoms with E-state index < -0.39 is 0 Å². The van der Waals surface area contributed by atoms with Gasteiger partial charge in [-0.25, -0.2) is 0 Å². The number of nitrogens with one attached hydrogen (secondary N) is 1. The van der Waals surface area contributed by atoms with Gasteiger partial charge in [0.05, 0.1) is 0 Å². The summed E-state index contributed by atoms with van der Waals surface area (Å²) in [5, 5.41) is 2.87. The summed E-state index contributed by atoms with van der Waals surface area (Å²) >= 11 is 0. The van der Waals surface area contributed by atoms with Crippen LogP contribution in [0.5, 0.6) is 0 Å². The highest BCUT2D eigenvalue weighted by molar-refractivity contribution is 5.94. The molecular formula is C13H21ClN2O. The van der Waals surface area contributed by atoms with Gasteiger partial charge in [0.1, 0.15) is 0 Å². The second kappa shape index (κ2) is 6.03. The predicted molar refractivity (Wildman–Crippen MR) is 74.4 cm³/mol. The van der Waals surface area contributed by atoms with Gasteiger partial charge in [-0.3, -0.25) is 4.79 Å². The first-order chi connectivity index (χ1) is 7.30. The zero-order chi connectivity index (χ0) is 12.3. The number of hydrogen-bond acceptors (Lipinski definition) is 2. The van der Waals surface area contributed by atoms with Crippen LogP contribution in [0.4, 0.5) is 5.69 Å². The van der Waals surface area contributed by atoms with Gasteiger partial charge in [0.15, 0.2) is 0 Å². The molecule has 1 unspecified atom stereocenters. The van der Waals surface area contributed by atoms with Crippen molar-refractivity contribution in [3.8, 4) is 0 Å². The lowest BCUT2D eigenvalue weighted by Crippen LogP contribution is -2.27. The molecule has 96 valence electrons. The van der Waals surface area contributed by atoms with E-state index in [1.54, 1.807) is 0 Å². The topological polar surface area (TPSA) is 55.1 Å². The number of rotatable bonds is 2. The molecule has 0 spiro atoms. The molecule has 0 saturated heterocycles. The Morgan fingerprint density at radius 2 is 1.71 bits per heavy atom. The fourth-order valence-corrected chi connectivity index (χ4v) is 1.19. The SMILES string of the molecule is CC(N)c1ccc(NC(=O)C(C)(C)C)cc1.Cl. The van der Waals surface area contributed by atoms with Crippen LogP contribution in [0.15, 0.2) is 24.3 Å². The molecule has 0 heterocycles. The summed E-state index contributed by atoms with van der Waals surface area (Å²) in [5.74, 6) is 0.0149. The Balaban J connectivity index is 0.00000256. The van der Waals surface area contributed by atoms with E-state index in [4.69, 9.17) is 5.73 Å². The van der Waals surface area contributed by atoms with Crippen LogP contribution in [0.1, 0.15) is 39.3 Å². The molecule has 1 atom stereocenters. The monoisotopic (exact) mass is 256 g/mol. The quantitative estimate of drug-likeness (QED) is 0.854. The normalized spacial score (nSPS) is 12.5. The van der Waals surface area contributed by atoms with Crippen LogP contribution in [0.25, 0.3) is 0 Å². The Morgan fingerprint density at radius 3 is 2.06 bits per heavy atom. The van der Waals surface area contributed by atoms with Gasteiger partial charge >= 0.3 is 0 Å². The van der Waals surface area contributed by atoms with Crippen molar-refractivity contribution in [3.05, 3.63) is 29.8 Å². The number of hydrogen-bond donors (Lipinski definition) is 2. The molecule has 1 aromatic carbocycles. The highest BCUT2D eigenvalue weighted by atomic mass is 35.5. The molecule has 1 aromatic rings. The number of anilines is 1. The van der Waals surface area contributed by atoms with Gasteiger partial charge in [-0.05, 0) is 24.6 Å². The Kier molecular flexibility index (Phi) is 5.66. The molecule has 0 aliphatic carbocycles. The highest BCUT2D eigenvalue weighted by Gasteiger charge is 2.20. The molecule has 1 rings (SSSR count). The number of carbonyl (C=O) groups is 1. The minimum absolute atomic E-state index is 0. The van der Waals surface area contributed by atoms with Gasteiger partial charge in [-0.1, -0.05) is 32.9 Å². The minimum Gasteiger partial charge on any atom is -0.326 e. The van der Waals surface area contributed by atoms with Crippen LogP contribution in [0, 0.1) is 5.41 Å². The van der Waals surface area contributed by atoms with E-state index in [1.807, 2.05) is 52.0 Å². The molecule has 0 aromatic heterocycles. The Bertz CT molecular complexity index is 366. The average molecular weight is 257 g/mol. The lowest BCUT2D eigenvalue weighted by Gasteiger charge is -2.18. The van der Waals surface area contributed by atoms with Crippen molar-refractivity contribution in [3.63, 3.8) is 0 Å². The molecule has 0 bridgehead atoms. The maximum absolute atomic E-state index is 11.7. The first kappa shape index (κ1) is 15.9. The summed E-state index contributed by atoms with van der Waals surface area (Å²) in [6.07, 6.45) is 0. The zero-order valence-electron chi connectivity index (χ0n) is 10.8. The third-order valence-corrected chi connectivity index (χ3v) is 2.38. The van der Waals surface area contributed by atoms with Gasteiger partial charge in [-0.15, -0.1) is 12.4 Å². The number of benzene rings is 1. The van der Waals surface area contributed by atoms with E-state index in [-0.39, 0.29) is 29.8 Å². The van der Waals surface area contributed by atoms with Gasteiger partial charge < -0.3 is 11.1 Å². The molecule has 3 N–H and O–H groups in total. The summed E-state index contributed by atoms with van der Waals surface area (Å²) in [5.41, 5.74) is 7.25. The van der Waals surface area contributed by atoms with Crippen LogP contribution in [0.2, 0.25) is 0 Å². The number of nitrogens with two attached hydrogens (primary N) is 1. The fourth-order valence-electron chi connectivity index (χ4n) is 1.19. The molecule has 1 amide bonds. The van der Waals surface area contributed by atoms with Crippen molar-refractivity contribution in [2.45, 2.75) is 33.7 Å². The summed E-state index contributed by atoms with van der Waals surface area (Å²) in [6, 6.07) is 7.64. The number of halogens is 1. The molecule has 0 saturated carbocycles. The smallest absolute Gasteiger partial charge is 0.229 e. The van der Waals surface area contributed by atoms with Crippen molar-refractivity contribution in [1.29, 1.82) is 0 Å². The van der Waals surface area contributed by atoms with Crippen LogP contribution in [-0.4, -0.2) is 5.91 Å². The van der Waals surface area contributed by atoms with Crippen molar-refractivity contribution < 1.29 is 4.79 Å². The second-order valence-electron chi connectivity index (χ2n) is 5.11.